The number of allylic oxidation sites excluding steroid dienone is 2. The van der Waals surface area contributed by atoms with Crippen molar-refractivity contribution in [3.8, 4) is 0 Å². The zero-order valence-corrected chi connectivity index (χ0v) is 11.1. The fourth-order valence-electron chi connectivity index (χ4n) is 2.02. The lowest BCUT2D eigenvalue weighted by Gasteiger charge is -2.27. The molecule has 2 heteroatoms. The van der Waals surface area contributed by atoms with Crippen LogP contribution >= 0.6 is 0 Å². The summed E-state index contributed by atoms with van der Waals surface area (Å²) in [5, 5.41) is 0. The van der Waals surface area contributed by atoms with Gasteiger partial charge in [0.05, 0.1) is 5.76 Å². The van der Waals surface area contributed by atoms with Crippen molar-refractivity contribution >= 4 is 8.32 Å². The van der Waals surface area contributed by atoms with Crippen LogP contribution in [-0.4, -0.2) is 8.32 Å². The Morgan fingerprint density at radius 2 is 2.14 bits per heavy atom. The Morgan fingerprint density at radius 1 is 1.43 bits per heavy atom. The predicted octanol–water partition coefficient (Wildman–Crippen LogP) is 4.32. The summed E-state index contributed by atoms with van der Waals surface area (Å²) in [6.45, 7) is 9.04. The van der Waals surface area contributed by atoms with Crippen molar-refractivity contribution in [3.63, 3.8) is 0 Å². The molecular weight excluding hydrogens is 188 g/mol. The Morgan fingerprint density at radius 3 is 2.57 bits per heavy atom. The van der Waals surface area contributed by atoms with Crippen molar-refractivity contribution in [1.29, 1.82) is 0 Å². The Kier molecular flexibility index (Phi) is 4.23. The molecule has 0 saturated carbocycles. The molecule has 0 aromatic carbocycles. The summed E-state index contributed by atoms with van der Waals surface area (Å²) in [4.78, 5) is 0. The minimum absolute atomic E-state index is 0.925. The molecule has 0 unspecified atom stereocenters. The zero-order valence-electron chi connectivity index (χ0n) is 10.1. The standard InChI is InChI=1S/C12H24OSi/c1-5-6-11-7-9-12(10-8-11)13-14(2,3)4/h9,11H,5-8,10H2,1-4H3/t11-/m0/s1. The van der Waals surface area contributed by atoms with E-state index in [1.54, 1.807) is 0 Å². The van der Waals surface area contributed by atoms with Crippen LogP contribution in [-0.2, 0) is 4.43 Å². The quantitative estimate of drug-likeness (QED) is 0.631. The molecule has 1 aliphatic carbocycles. The molecule has 0 aromatic rings. The molecule has 82 valence electrons. The first-order chi connectivity index (χ1) is 6.51. The summed E-state index contributed by atoms with van der Waals surface area (Å²) < 4.78 is 6.01. The molecule has 1 atom stereocenters. The van der Waals surface area contributed by atoms with Crippen LogP contribution in [0.2, 0.25) is 19.6 Å². The topological polar surface area (TPSA) is 9.23 Å². The zero-order chi connectivity index (χ0) is 10.6. The second-order valence-corrected chi connectivity index (χ2v) is 9.74. The second-order valence-electron chi connectivity index (χ2n) is 5.31. The largest absolute Gasteiger partial charge is 0.548 e. The highest BCUT2D eigenvalue weighted by Gasteiger charge is 2.20. The Bertz CT molecular complexity index is 203. The lowest BCUT2D eigenvalue weighted by atomic mass is 9.90. The van der Waals surface area contributed by atoms with E-state index in [4.69, 9.17) is 4.43 Å². The predicted molar refractivity (Wildman–Crippen MR) is 64.8 cm³/mol. The van der Waals surface area contributed by atoms with Crippen LogP contribution in [0.4, 0.5) is 0 Å². The smallest absolute Gasteiger partial charge is 0.241 e. The highest BCUT2D eigenvalue weighted by Crippen LogP contribution is 2.28. The van der Waals surface area contributed by atoms with Gasteiger partial charge in [-0.15, -0.1) is 0 Å². The first-order valence-corrected chi connectivity index (χ1v) is 9.30. The van der Waals surface area contributed by atoms with Gasteiger partial charge in [0.1, 0.15) is 0 Å². The lowest BCUT2D eigenvalue weighted by Crippen LogP contribution is -2.25. The molecule has 0 N–H and O–H groups in total. The molecule has 0 spiro atoms. The first-order valence-electron chi connectivity index (χ1n) is 5.89. The Hall–Kier alpha value is -0.243. The second kappa shape index (κ2) is 5.01. The van der Waals surface area contributed by atoms with Crippen LogP contribution in [0, 0.1) is 5.92 Å². The minimum atomic E-state index is -1.35. The number of hydrogen-bond donors (Lipinski definition) is 0. The molecule has 0 heterocycles. The van der Waals surface area contributed by atoms with Crippen molar-refractivity contribution in [3.05, 3.63) is 11.8 Å². The third-order valence-electron chi connectivity index (χ3n) is 2.61. The molecule has 0 radical (unpaired) electrons. The maximum Gasteiger partial charge on any atom is 0.241 e. The highest BCUT2D eigenvalue weighted by atomic mass is 28.4. The average Bonchev–Trinajstić information content (AvgIpc) is 2.06. The molecule has 0 saturated heterocycles. The van der Waals surface area contributed by atoms with Gasteiger partial charge in [0.25, 0.3) is 0 Å². The highest BCUT2D eigenvalue weighted by molar-refractivity contribution is 6.70. The van der Waals surface area contributed by atoms with Gasteiger partial charge in [-0.3, -0.25) is 0 Å². The van der Waals surface area contributed by atoms with E-state index in [1.807, 2.05) is 0 Å². The minimum Gasteiger partial charge on any atom is -0.548 e. The van der Waals surface area contributed by atoms with Crippen molar-refractivity contribution in [2.45, 2.75) is 58.7 Å². The fraction of sp³-hybridized carbons (Fsp3) is 0.833. The molecule has 0 fully saturated rings. The van der Waals surface area contributed by atoms with Crippen LogP contribution in [0.15, 0.2) is 11.8 Å². The third kappa shape index (κ3) is 4.31. The summed E-state index contributed by atoms with van der Waals surface area (Å²) >= 11 is 0. The van der Waals surface area contributed by atoms with Crippen LogP contribution in [0.25, 0.3) is 0 Å². The monoisotopic (exact) mass is 212 g/mol. The van der Waals surface area contributed by atoms with Crippen LogP contribution < -0.4 is 0 Å². The third-order valence-corrected chi connectivity index (χ3v) is 3.49. The average molecular weight is 212 g/mol. The molecule has 0 aliphatic heterocycles. The van der Waals surface area contributed by atoms with Crippen LogP contribution in [0.1, 0.15) is 39.0 Å². The molecule has 0 amide bonds. The van der Waals surface area contributed by atoms with E-state index < -0.39 is 8.32 Å². The van der Waals surface area contributed by atoms with Crippen molar-refractivity contribution in [1.82, 2.24) is 0 Å². The van der Waals surface area contributed by atoms with Crippen molar-refractivity contribution in [2.24, 2.45) is 5.92 Å². The van der Waals surface area contributed by atoms with E-state index in [0.29, 0.717) is 0 Å². The summed E-state index contributed by atoms with van der Waals surface area (Å²) in [6, 6.07) is 0. The van der Waals surface area contributed by atoms with Crippen molar-refractivity contribution < 1.29 is 4.43 Å². The van der Waals surface area contributed by atoms with E-state index in [0.717, 1.165) is 5.92 Å². The van der Waals surface area contributed by atoms with Gasteiger partial charge in [-0.25, -0.2) is 0 Å². The molecular formula is C12H24OSi. The molecule has 14 heavy (non-hydrogen) atoms. The van der Waals surface area contributed by atoms with E-state index >= 15 is 0 Å². The first kappa shape index (κ1) is 11.8. The molecule has 1 aliphatic rings. The van der Waals surface area contributed by atoms with E-state index in [9.17, 15) is 0 Å². The van der Waals surface area contributed by atoms with Gasteiger partial charge in [0.15, 0.2) is 0 Å². The Labute approximate surface area is 89.7 Å². The fourth-order valence-corrected chi connectivity index (χ4v) is 2.99. The van der Waals surface area contributed by atoms with Gasteiger partial charge in [0.2, 0.25) is 8.32 Å². The van der Waals surface area contributed by atoms with Gasteiger partial charge in [0, 0.05) is 6.42 Å². The maximum absolute atomic E-state index is 6.01. The molecule has 0 aromatic heterocycles. The molecule has 1 nitrogen and oxygen atoms in total. The maximum atomic E-state index is 6.01. The Balaban J connectivity index is 2.37. The van der Waals surface area contributed by atoms with Gasteiger partial charge in [-0.1, -0.05) is 19.8 Å². The van der Waals surface area contributed by atoms with E-state index in [1.165, 1.54) is 37.9 Å². The number of hydrogen-bond acceptors (Lipinski definition) is 1. The van der Waals surface area contributed by atoms with Gasteiger partial charge in [-0.2, -0.15) is 0 Å². The van der Waals surface area contributed by atoms with Crippen LogP contribution in [0.3, 0.4) is 0 Å². The number of rotatable bonds is 4. The van der Waals surface area contributed by atoms with Gasteiger partial charge in [-0.05, 0) is 44.5 Å². The summed E-state index contributed by atoms with van der Waals surface area (Å²) in [5.74, 6) is 2.20. The van der Waals surface area contributed by atoms with Gasteiger partial charge < -0.3 is 4.43 Å². The van der Waals surface area contributed by atoms with Gasteiger partial charge >= 0.3 is 0 Å². The summed E-state index contributed by atoms with van der Waals surface area (Å²) in [5.41, 5.74) is 0. The summed E-state index contributed by atoms with van der Waals surface area (Å²) in [6.07, 6.45) is 8.80. The van der Waals surface area contributed by atoms with Crippen LogP contribution in [0.5, 0.6) is 0 Å². The molecule has 0 bridgehead atoms. The summed E-state index contributed by atoms with van der Waals surface area (Å²) in [7, 11) is -1.35. The van der Waals surface area contributed by atoms with Crippen molar-refractivity contribution in [2.75, 3.05) is 0 Å². The molecule has 1 rings (SSSR count). The lowest BCUT2D eigenvalue weighted by molar-refractivity contribution is 0.336. The van der Waals surface area contributed by atoms with E-state index in [2.05, 4.69) is 32.6 Å². The normalized spacial score (nSPS) is 23.1. The van der Waals surface area contributed by atoms with E-state index in [-0.39, 0.29) is 0 Å². The SMILES string of the molecule is CCC[C@H]1CC=C(O[Si](C)(C)C)CC1.